The maximum atomic E-state index is 13.1. The van der Waals surface area contributed by atoms with E-state index in [4.69, 9.17) is 9.47 Å². The third kappa shape index (κ3) is 7.32. The van der Waals surface area contributed by atoms with E-state index in [1.54, 1.807) is 14.2 Å². The predicted octanol–water partition coefficient (Wildman–Crippen LogP) is 6.65. The molecule has 0 aliphatic heterocycles. The first-order valence-corrected chi connectivity index (χ1v) is 11.6. The van der Waals surface area contributed by atoms with E-state index in [-0.39, 0.29) is 23.2 Å². The zero-order chi connectivity index (χ0) is 26.5. The molecule has 1 fully saturated rings. The van der Waals surface area contributed by atoms with Crippen LogP contribution >= 0.6 is 0 Å². The van der Waals surface area contributed by atoms with Crippen molar-refractivity contribution in [3.05, 3.63) is 65.2 Å². The van der Waals surface area contributed by atoms with Crippen LogP contribution in [-0.4, -0.2) is 26.8 Å². The average Bonchev–Trinajstić information content (AvgIpc) is 2.85. The third-order valence-electron chi connectivity index (χ3n) is 6.46. The smallest absolute Gasteiger partial charge is 0.416 e. The van der Waals surface area contributed by atoms with Crippen molar-refractivity contribution in [3.8, 4) is 11.5 Å². The van der Waals surface area contributed by atoms with Gasteiger partial charge in [0.25, 0.3) is 0 Å². The van der Waals surface area contributed by atoms with Crippen LogP contribution in [0.3, 0.4) is 0 Å². The summed E-state index contributed by atoms with van der Waals surface area (Å²) in [5, 5.41) is 6.48. The van der Waals surface area contributed by atoms with Crippen LogP contribution in [0.2, 0.25) is 0 Å². The van der Waals surface area contributed by atoms with Crippen molar-refractivity contribution in [2.75, 3.05) is 20.8 Å². The Morgan fingerprint density at radius 1 is 0.889 bits per heavy atom. The molecule has 0 radical (unpaired) electrons. The zero-order valence-electron chi connectivity index (χ0n) is 20.2. The van der Waals surface area contributed by atoms with Gasteiger partial charge in [-0.15, -0.1) is 0 Å². The van der Waals surface area contributed by atoms with Crippen molar-refractivity contribution in [2.24, 2.45) is 5.92 Å². The van der Waals surface area contributed by atoms with Gasteiger partial charge in [-0.2, -0.15) is 26.3 Å². The van der Waals surface area contributed by atoms with Crippen molar-refractivity contribution in [1.82, 2.24) is 10.6 Å². The zero-order valence-corrected chi connectivity index (χ0v) is 20.2. The van der Waals surface area contributed by atoms with E-state index in [0.717, 1.165) is 37.0 Å². The summed E-state index contributed by atoms with van der Waals surface area (Å²) < 4.78 is 89.4. The minimum Gasteiger partial charge on any atom is -0.497 e. The topological polar surface area (TPSA) is 42.5 Å². The molecule has 0 heterocycles. The number of halogens is 6. The largest absolute Gasteiger partial charge is 0.497 e. The Kier molecular flexibility index (Phi) is 8.81. The van der Waals surface area contributed by atoms with Gasteiger partial charge in [0.1, 0.15) is 11.5 Å². The minimum absolute atomic E-state index is 0.0402. The molecule has 0 aromatic heterocycles. The maximum absolute atomic E-state index is 13.1. The number of rotatable bonds is 9. The fraction of sp³-hybridized carbons (Fsp3) is 0.462. The quantitative estimate of drug-likeness (QED) is 0.366. The van der Waals surface area contributed by atoms with Crippen LogP contribution < -0.4 is 20.1 Å². The summed E-state index contributed by atoms with van der Waals surface area (Å²) in [4.78, 5) is 0. The Balaban J connectivity index is 1.52. The summed E-state index contributed by atoms with van der Waals surface area (Å²) >= 11 is 0. The number of benzene rings is 2. The molecule has 10 heteroatoms. The second-order valence-corrected chi connectivity index (χ2v) is 8.93. The Morgan fingerprint density at radius 2 is 1.50 bits per heavy atom. The summed E-state index contributed by atoms with van der Waals surface area (Å²) in [6.45, 7) is 4.74. The van der Waals surface area contributed by atoms with E-state index >= 15 is 0 Å². The van der Waals surface area contributed by atoms with Crippen LogP contribution in [0.25, 0.3) is 5.70 Å². The molecule has 0 saturated heterocycles. The third-order valence-corrected chi connectivity index (χ3v) is 6.46. The second-order valence-electron chi connectivity index (χ2n) is 8.93. The van der Waals surface area contributed by atoms with Crippen LogP contribution in [0.5, 0.6) is 11.5 Å². The van der Waals surface area contributed by atoms with Crippen LogP contribution in [0, 0.1) is 5.92 Å². The van der Waals surface area contributed by atoms with Gasteiger partial charge >= 0.3 is 12.4 Å². The van der Waals surface area contributed by atoms with Gasteiger partial charge in [0.15, 0.2) is 0 Å². The first-order valence-electron chi connectivity index (χ1n) is 11.6. The minimum atomic E-state index is -4.89. The van der Waals surface area contributed by atoms with Crippen molar-refractivity contribution in [1.29, 1.82) is 0 Å². The lowest BCUT2D eigenvalue weighted by Crippen LogP contribution is -2.35. The molecule has 4 nitrogen and oxygen atoms in total. The van der Waals surface area contributed by atoms with Gasteiger partial charge in [-0.3, -0.25) is 0 Å². The lowest BCUT2D eigenvalue weighted by molar-refractivity contribution is -0.143. The maximum Gasteiger partial charge on any atom is 0.416 e. The molecule has 3 rings (SSSR count). The molecule has 0 bridgehead atoms. The van der Waals surface area contributed by atoms with Crippen LogP contribution in [-0.2, 0) is 18.9 Å². The molecule has 2 aromatic carbocycles. The number of ether oxygens (including phenoxy) is 2. The van der Waals surface area contributed by atoms with E-state index in [9.17, 15) is 26.3 Å². The normalized spacial score (nSPS) is 18.6. The SMILES string of the molecule is C=C(NC[C@H]1CC[C@@H](NCc2ccc(OC)cc2OC)CC1)c1cc(C(F)(F)F)cc(C(F)(F)F)c1. The molecule has 198 valence electrons. The molecule has 0 amide bonds. The van der Waals surface area contributed by atoms with Gasteiger partial charge in [0.05, 0.1) is 25.3 Å². The first-order chi connectivity index (χ1) is 16.9. The van der Waals surface area contributed by atoms with Crippen molar-refractivity contribution < 1.29 is 35.8 Å². The van der Waals surface area contributed by atoms with Gasteiger partial charge < -0.3 is 20.1 Å². The molecule has 1 aliphatic rings. The Morgan fingerprint density at radius 3 is 2.03 bits per heavy atom. The number of nitrogens with one attached hydrogen (secondary N) is 2. The van der Waals surface area contributed by atoms with E-state index in [0.29, 0.717) is 37.0 Å². The summed E-state index contributed by atoms with van der Waals surface area (Å²) in [7, 11) is 3.20. The number of alkyl halides is 6. The molecule has 1 saturated carbocycles. The standard InChI is InChI=1S/C26H30F6N2O2/c1-16(19-10-20(25(27,28)29)12-21(11-19)26(30,31)32)33-14-17-4-7-22(8-5-17)34-15-18-6-9-23(35-2)13-24(18)36-3/h6,9-13,17,22,33-34H,1,4-5,7-8,14-15H2,2-3H3/t17-,22+. The van der Waals surface area contributed by atoms with Crippen LogP contribution in [0.1, 0.15) is 47.9 Å². The molecule has 2 aromatic rings. The number of hydrogen-bond donors (Lipinski definition) is 2. The molecule has 0 unspecified atom stereocenters. The van der Waals surface area contributed by atoms with E-state index < -0.39 is 23.5 Å². The van der Waals surface area contributed by atoms with Crippen molar-refractivity contribution in [2.45, 2.75) is 50.6 Å². The lowest BCUT2D eigenvalue weighted by Gasteiger charge is -2.30. The van der Waals surface area contributed by atoms with E-state index in [1.807, 2.05) is 18.2 Å². The van der Waals surface area contributed by atoms with Gasteiger partial charge in [-0.1, -0.05) is 12.6 Å². The van der Waals surface area contributed by atoms with E-state index in [2.05, 4.69) is 17.2 Å². The van der Waals surface area contributed by atoms with Crippen molar-refractivity contribution >= 4 is 5.70 Å². The van der Waals surface area contributed by atoms with Crippen LogP contribution in [0.15, 0.2) is 43.0 Å². The molecular formula is C26H30F6N2O2. The predicted molar refractivity (Wildman–Crippen MR) is 126 cm³/mol. The van der Waals surface area contributed by atoms with Crippen LogP contribution in [0.4, 0.5) is 26.3 Å². The molecule has 1 aliphatic carbocycles. The van der Waals surface area contributed by atoms with Gasteiger partial charge in [0, 0.05) is 36.5 Å². The fourth-order valence-corrected chi connectivity index (χ4v) is 4.32. The molecule has 0 spiro atoms. The lowest BCUT2D eigenvalue weighted by atomic mass is 9.85. The van der Waals surface area contributed by atoms with Gasteiger partial charge in [0.2, 0.25) is 0 Å². The molecule has 36 heavy (non-hydrogen) atoms. The summed E-state index contributed by atoms with van der Waals surface area (Å²) in [6, 6.07) is 7.45. The molecular weight excluding hydrogens is 486 g/mol. The Hall–Kier alpha value is -2.88. The number of hydrogen-bond acceptors (Lipinski definition) is 4. The average molecular weight is 517 g/mol. The van der Waals surface area contributed by atoms with E-state index in [1.165, 1.54) is 0 Å². The highest BCUT2D eigenvalue weighted by atomic mass is 19.4. The van der Waals surface area contributed by atoms with Gasteiger partial charge in [-0.25, -0.2) is 0 Å². The monoisotopic (exact) mass is 516 g/mol. The first kappa shape index (κ1) is 27.7. The highest BCUT2D eigenvalue weighted by Gasteiger charge is 2.37. The highest BCUT2D eigenvalue weighted by Crippen LogP contribution is 2.37. The van der Waals surface area contributed by atoms with Crippen molar-refractivity contribution in [3.63, 3.8) is 0 Å². The summed E-state index contributed by atoms with van der Waals surface area (Å²) in [5.41, 5.74) is -1.87. The Labute approximate surface area is 206 Å². The second kappa shape index (κ2) is 11.5. The molecule has 0 atom stereocenters. The summed E-state index contributed by atoms with van der Waals surface area (Å²) in [5.74, 6) is 1.69. The Bertz CT molecular complexity index is 1010. The number of methoxy groups -OCH3 is 2. The molecule has 2 N–H and O–H groups in total. The fourth-order valence-electron chi connectivity index (χ4n) is 4.32. The van der Waals surface area contributed by atoms with Gasteiger partial charge in [-0.05, 0) is 61.4 Å². The highest BCUT2D eigenvalue weighted by molar-refractivity contribution is 5.63. The summed E-state index contributed by atoms with van der Waals surface area (Å²) in [6.07, 6.45) is -6.24.